The quantitative estimate of drug-likeness (QED) is 0.218. The zero-order valence-electron chi connectivity index (χ0n) is 14.9. The van der Waals surface area contributed by atoms with Gasteiger partial charge in [0.2, 0.25) is 0 Å². The maximum atomic E-state index is 11.6. The van der Waals surface area contributed by atoms with Crippen molar-refractivity contribution in [1.29, 1.82) is 0 Å². The number of carbonyl (C=O) groups excluding carboxylic acids is 1. The normalized spacial score (nSPS) is 15.6. The highest BCUT2D eigenvalue weighted by Gasteiger charge is 2.27. The second-order valence-electron chi connectivity index (χ2n) is 5.74. The van der Waals surface area contributed by atoms with Gasteiger partial charge in [-0.25, -0.2) is 0 Å². The molecule has 1 aromatic heterocycles. The first kappa shape index (κ1) is 21.8. The van der Waals surface area contributed by atoms with Crippen LogP contribution in [0.4, 0.5) is 0 Å². The molecule has 25 heavy (non-hydrogen) atoms. The summed E-state index contributed by atoms with van der Waals surface area (Å²) in [5.41, 5.74) is 0. The maximum absolute atomic E-state index is 11.6. The van der Waals surface area contributed by atoms with Crippen LogP contribution in [0.5, 0.6) is 0 Å². The predicted octanol–water partition coefficient (Wildman–Crippen LogP) is 1.92. The van der Waals surface area contributed by atoms with Crippen LogP contribution in [0.25, 0.3) is 0 Å². The Balaban J connectivity index is 0.00000312. The molecule has 1 aliphatic heterocycles. The number of methoxy groups -OCH3 is 2. The third-order valence-corrected chi connectivity index (χ3v) is 4.12. The Morgan fingerprint density at radius 3 is 2.76 bits per heavy atom. The van der Waals surface area contributed by atoms with Gasteiger partial charge in [0.05, 0.1) is 32.4 Å². The molecule has 0 radical (unpaired) electrons. The lowest BCUT2D eigenvalue weighted by Gasteiger charge is -2.33. The molecule has 1 fully saturated rings. The van der Waals surface area contributed by atoms with Gasteiger partial charge < -0.3 is 24.1 Å². The van der Waals surface area contributed by atoms with Crippen LogP contribution in [-0.2, 0) is 20.7 Å². The van der Waals surface area contributed by atoms with Crippen molar-refractivity contribution in [3.63, 3.8) is 0 Å². The average molecular weight is 465 g/mol. The number of piperidine rings is 1. The first-order valence-corrected chi connectivity index (χ1v) is 8.37. The minimum atomic E-state index is -0.113. The lowest BCUT2D eigenvalue weighted by atomic mass is 9.97. The third kappa shape index (κ3) is 7.23. The smallest absolute Gasteiger partial charge is 0.308 e. The number of furan rings is 1. The monoisotopic (exact) mass is 465 g/mol. The van der Waals surface area contributed by atoms with Gasteiger partial charge in [-0.05, 0) is 25.0 Å². The highest BCUT2D eigenvalue weighted by Crippen LogP contribution is 2.18. The molecule has 2 heterocycles. The van der Waals surface area contributed by atoms with Gasteiger partial charge in [-0.3, -0.25) is 9.79 Å². The van der Waals surface area contributed by atoms with Gasteiger partial charge in [0.1, 0.15) is 5.76 Å². The van der Waals surface area contributed by atoms with Gasteiger partial charge in [0, 0.05) is 33.2 Å². The van der Waals surface area contributed by atoms with E-state index in [1.165, 1.54) is 7.11 Å². The highest BCUT2D eigenvalue weighted by atomic mass is 127. The first-order valence-electron chi connectivity index (χ1n) is 8.37. The molecular formula is C17H28IN3O4. The molecule has 0 unspecified atom stereocenters. The largest absolute Gasteiger partial charge is 0.469 e. The first-order chi connectivity index (χ1) is 11.7. The number of halogens is 1. The van der Waals surface area contributed by atoms with E-state index >= 15 is 0 Å². The van der Waals surface area contributed by atoms with Crippen LogP contribution in [0, 0.1) is 5.92 Å². The Hall–Kier alpha value is -1.29. The summed E-state index contributed by atoms with van der Waals surface area (Å²) in [6.45, 7) is 3.52. The Bertz CT molecular complexity index is 514. The van der Waals surface area contributed by atoms with Gasteiger partial charge in [-0.1, -0.05) is 0 Å². The van der Waals surface area contributed by atoms with Crippen molar-refractivity contribution < 1.29 is 18.7 Å². The van der Waals surface area contributed by atoms with Crippen LogP contribution in [0.1, 0.15) is 18.6 Å². The average Bonchev–Trinajstić information content (AvgIpc) is 3.13. The summed E-state index contributed by atoms with van der Waals surface area (Å²) in [6, 6.07) is 3.85. The number of hydrogen-bond acceptors (Lipinski definition) is 5. The highest BCUT2D eigenvalue weighted by molar-refractivity contribution is 14.0. The van der Waals surface area contributed by atoms with E-state index in [0.717, 1.165) is 50.6 Å². The van der Waals surface area contributed by atoms with E-state index < -0.39 is 0 Å². The fraction of sp³-hybridized carbons (Fsp3) is 0.647. The van der Waals surface area contributed by atoms with Gasteiger partial charge in [-0.2, -0.15) is 0 Å². The van der Waals surface area contributed by atoms with Crippen LogP contribution in [0.2, 0.25) is 0 Å². The Morgan fingerprint density at radius 2 is 2.16 bits per heavy atom. The number of nitrogens with one attached hydrogen (secondary N) is 1. The molecular weight excluding hydrogens is 437 g/mol. The molecule has 0 spiro atoms. The number of esters is 1. The number of carbonyl (C=O) groups is 1. The van der Waals surface area contributed by atoms with Crippen LogP contribution in [-0.4, -0.2) is 63.8 Å². The number of ether oxygens (including phenoxy) is 2. The van der Waals surface area contributed by atoms with E-state index in [2.05, 4.69) is 15.2 Å². The summed E-state index contributed by atoms with van der Waals surface area (Å²) >= 11 is 0. The second-order valence-corrected chi connectivity index (χ2v) is 5.74. The van der Waals surface area contributed by atoms with Gasteiger partial charge in [0.15, 0.2) is 5.96 Å². The van der Waals surface area contributed by atoms with E-state index in [-0.39, 0.29) is 35.9 Å². The third-order valence-electron chi connectivity index (χ3n) is 4.12. The van der Waals surface area contributed by atoms with Crippen LogP contribution in [0.15, 0.2) is 27.8 Å². The predicted molar refractivity (Wildman–Crippen MR) is 106 cm³/mol. The van der Waals surface area contributed by atoms with Crippen molar-refractivity contribution in [3.8, 4) is 0 Å². The van der Waals surface area contributed by atoms with Crippen molar-refractivity contribution in [3.05, 3.63) is 24.2 Å². The summed E-state index contributed by atoms with van der Waals surface area (Å²) in [4.78, 5) is 18.4. The molecule has 1 saturated heterocycles. The van der Waals surface area contributed by atoms with Crippen LogP contribution in [0.3, 0.4) is 0 Å². The molecule has 0 saturated carbocycles. The van der Waals surface area contributed by atoms with Gasteiger partial charge >= 0.3 is 5.97 Å². The van der Waals surface area contributed by atoms with Crippen molar-refractivity contribution in [1.82, 2.24) is 10.2 Å². The van der Waals surface area contributed by atoms with E-state index in [1.807, 2.05) is 12.1 Å². The molecule has 8 heteroatoms. The number of hydrogen-bond donors (Lipinski definition) is 1. The zero-order chi connectivity index (χ0) is 17.2. The summed E-state index contributed by atoms with van der Waals surface area (Å²) in [7, 11) is 3.11. The van der Waals surface area contributed by atoms with Crippen molar-refractivity contribution in [2.45, 2.75) is 19.3 Å². The van der Waals surface area contributed by atoms with Crippen molar-refractivity contribution in [2.75, 3.05) is 47.0 Å². The summed E-state index contributed by atoms with van der Waals surface area (Å²) in [6.07, 6.45) is 4.06. The SMILES string of the molecule is COCCN=C(NCCc1ccco1)N1CCC(C(=O)OC)CC1.I. The number of likely N-dealkylation sites (tertiary alicyclic amines) is 1. The Morgan fingerprint density at radius 1 is 1.40 bits per heavy atom. The number of nitrogens with zero attached hydrogens (tertiary/aromatic N) is 2. The fourth-order valence-electron chi connectivity index (χ4n) is 2.76. The molecule has 1 aliphatic rings. The zero-order valence-corrected chi connectivity index (χ0v) is 17.2. The summed E-state index contributed by atoms with van der Waals surface area (Å²) in [5.74, 6) is 1.69. The molecule has 0 amide bonds. The van der Waals surface area contributed by atoms with E-state index in [9.17, 15) is 4.79 Å². The topological polar surface area (TPSA) is 76.3 Å². The molecule has 0 aliphatic carbocycles. The second kappa shape index (κ2) is 12.1. The number of aliphatic imine (C=N–C) groups is 1. The summed E-state index contributed by atoms with van der Waals surface area (Å²) < 4.78 is 15.3. The molecule has 0 atom stereocenters. The lowest BCUT2D eigenvalue weighted by Crippen LogP contribution is -2.47. The fourth-order valence-corrected chi connectivity index (χ4v) is 2.76. The molecule has 1 aromatic rings. The lowest BCUT2D eigenvalue weighted by molar-refractivity contribution is -0.146. The van der Waals surface area contributed by atoms with Gasteiger partial charge in [-0.15, -0.1) is 24.0 Å². The minimum absolute atomic E-state index is 0. The van der Waals surface area contributed by atoms with Crippen molar-refractivity contribution in [2.24, 2.45) is 10.9 Å². The van der Waals surface area contributed by atoms with E-state index in [4.69, 9.17) is 13.9 Å². The molecule has 7 nitrogen and oxygen atoms in total. The molecule has 1 N–H and O–H groups in total. The molecule has 0 aromatic carbocycles. The van der Waals surface area contributed by atoms with Crippen molar-refractivity contribution >= 4 is 35.9 Å². The standard InChI is InChI=1S/C17H27N3O4.HI/c1-22-13-9-19-17(18-8-5-15-4-3-12-24-15)20-10-6-14(7-11-20)16(21)23-2;/h3-4,12,14H,5-11,13H2,1-2H3,(H,18,19);1H. The molecule has 142 valence electrons. The molecule has 2 rings (SSSR count). The minimum Gasteiger partial charge on any atom is -0.469 e. The molecule has 0 bridgehead atoms. The Labute approximate surface area is 166 Å². The van der Waals surface area contributed by atoms with Crippen LogP contribution < -0.4 is 5.32 Å². The van der Waals surface area contributed by atoms with E-state index in [1.54, 1.807) is 13.4 Å². The van der Waals surface area contributed by atoms with E-state index in [0.29, 0.717) is 13.2 Å². The number of rotatable bonds is 7. The maximum Gasteiger partial charge on any atom is 0.308 e. The van der Waals surface area contributed by atoms with Crippen LogP contribution >= 0.6 is 24.0 Å². The summed E-state index contributed by atoms with van der Waals surface area (Å²) in [5, 5.41) is 3.39. The van der Waals surface area contributed by atoms with Gasteiger partial charge in [0.25, 0.3) is 0 Å². The Kier molecular flexibility index (Phi) is 10.6. The number of guanidine groups is 1.